The van der Waals surface area contributed by atoms with Crippen LogP contribution in [0.15, 0.2) is 24.3 Å². The summed E-state index contributed by atoms with van der Waals surface area (Å²) in [4.78, 5) is 20.7. The van der Waals surface area contributed by atoms with E-state index in [0.717, 1.165) is 0 Å². The van der Waals surface area contributed by atoms with Crippen LogP contribution in [0.2, 0.25) is 0 Å². The second kappa shape index (κ2) is 7.36. The number of nitrogens with two attached hydrogens (primary N) is 1. The molecule has 0 fully saturated rings. The first-order valence-corrected chi connectivity index (χ1v) is 5.40. The van der Waals surface area contributed by atoms with Gasteiger partial charge < -0.3 is 15.8 Å². The van der Waals surface area contributed by atoms with Crippen LogP contribution >= 0.6 is 0 Å². The fourth-order valence-corrected chi connectivity index (χ4v) is 1.38. The van der Waals surface area contributed by atoms with Crippen molar-refractivity contribution in [2.45, 2.75) is 6.54 Å². The van der Waals surface area contributed by atoms with Crippen LogP contribution in [0.3, 0.4) is 0 Å². The van der Waals surface area contributed by atoms with Gasteiger partial charge in [0, 0.05) is 24.7 Å². The van der Waals surface area contributed by atoms with Crippen LogP contribution in [-0.2, 0) is 16.1 Å². The topological polar surface area (TPSA) is 107 Å². The molecule has 0 atom stereocenters. The minimum Gasteiger partial charge on any atom is -0.370 e. The van der Waals surface area contributed by atoms with Crippen molar-refractivity contribution >= 4 is 11.6 Å². The quantitative estimate of drug-likeness (QED) is 0.390. The first kappa shape index (κ1) is 14.1. The zero-order valence-electron chi connectivity index (χ0n) is 9.80. The predicted octanol–water partition coefficient (Wildman–Crippen LogP) is 0.186. The third-order valence-corrected chi connectivity index (χ3v) is 2.17. The van der Waals surface area contributed by atoms with Crippen LogP contribution in [0, 0.1) is 10.1 Å². The number of ether oxygens (including phenoxy) is 1. The molecule has 0 aliphatic rings. The fraction of sp³-hybridized carbons (Fsp3) is 0.364. The summed E-state index contributed by atoms with van der Waals surface area (Å²) in [5.74, 6) is -0.520. The smallest absolute Gasteiger partial charge is 0.273 e. The second-order valence-corrected chi connectivity index (χ2v) is 3.58. The molecule has 1 amide bonds. The van der Waals surface area contributed by atoms with Crippen molar-refractivity contribution in [1.29, 1.82) is 0 Å². The summed E-state index contributed by atoms with van der Waals surface area (Å²) < 4.78 is 4.94. The van der Waals surface area contributed by atoms with E-state index in [9.17, 15) is 14.9 Å². The van der Waals surface area contributed by atoms with Crippen LogP contribution in [0.5, 0.6) is 0 Å². The van der Waals surface area contributed by atoms with Gasteiger partial charge in [-0.3, -0.25) is 14.9 Å². The number of carbonyl (C=O) groups is 1. The number of hydrogen-bond donors (Lipinski definition) is 2. The molecule has 0 bridgehead atoms. The van der Waals surface area contributed by atoms with E-state index in [2.05, 4.69) is 5.32 Å². The molecule has 0 unspecified atom stereocenters. The van der Waals surface area contributed by atoms with Gasteiger partial charge in [0.05, 0.1) is 11.5 Å². The van der Waals surface area contributed by atoms with E-state index in [4.69, 9.17) is 10.5 Å². The molecule has 1 aromatic rings. The zero-order valence-corrected chi connectivity index (χ0v) is 9.80. The molecule has 1 rings (SSSR count). The molecule has 18 heavy (non-hydrogen) atoms. The Bertz CT molecular complexity index is 423. The lowest BCUT2D eigenvalue weighted by atomic mass is 10.2. The molecular formula is C11H15N3O4. The number of nitro groups is 1. The largest absolute Gasteiger partial charge is 0.370 e. The number of amides is 1. The first-order chi connectivity index (χ1) is 8.61. The van der Waals surface area contributed by atoms with Crippen molar-refractivity contribution in [2.75, 3.05) is 19.8 Å². The summed E-state index contributed by atoms with van der Waals surface area (Å²) in [5.41, 5.74) is 5.59. The zero-order chi connectivity index (χ0) is 13.4. The Morgan fingerprint density at radius 3 is 2.83 bits per heavy atom. The predicted molar refractivity (Wildman–Crippen MR) is 64.8 cm³/mol. The molecule has 0 heterocycles. The van der Waals surface area contributed by atoms with Crippen LogP contribution in [-0.4, -0.2) is 30.6 Å². The van der Waals surface area contributed by atoms with E-state index in [0.29, 0.717) is 25.3 Å². The van der Waals surface area contributed by atoms with Gasteiger partial charge in [-0.1, -0.05) is 18.2 Å². The lowest BCUT2D eigenvalue weighted by molar-refractivity contribution is -0.385. The highest BCUT2D eigenvalue weighted by atomic mass is 16.6. The van der Waals surface area contributed by atoms with Crippen molar-refractivity contribution in [1.82, 2.24) is 5.32 Å². The summed E-state index contributed by atoms with van der Waals surface area (Å²) in [6, 6.07) is 6.52. The normalized spacial score (nSPS) is 10.2. The van der Waals surface area contributed by atoms with E-state index in [1.807, 2.05) is 0 Å². The van der Waals surface area contributed by atoms with Crippen LogP contribution < -0.4 is 11.1 Å². The van der Waals surface area contributed by atoms with Crippen molar-refractivity contribution in [3.05, 3.63) is 39.9 Å². The van der Waals surface area contributed by atoms with Crippen molar-refractivity contribution in [3.8, 4) is 0 Å². The van der Waals surface area contributed by atoms with Crippen molar-refractivity contribution in [3.63, 3.8) is 0 Å². The Balaban J connectivity index is 2.31. The van der Waals surface area contributed by atoms with Gasteiger partial charge in [0.2, 0.25) is 5.91 Å². The molecule has 3 N–H and O–H groups in total. The second-order valence-electron chi connectivity index (χ2n) is 3.58. The molecule has 7 heteroatoms. The number of rotatable bonds is 8. The van der Waals surface area contributed by atoms with E-state index in [-0.39, 0.29) is 12.3 Å². The maximum absolute atomic E-state index is 10.7. The number of hydrogen-bond acceptors (Lipinski definition) is 5. The average molecular weight is 253 g/mol. The van der Waals surface area contributed by atoms with Gasteiger partial charge in [-0.05, 0) is 0 Å². The molecule has 0 saturated carbocycles. The first-order valence-electron chi connectivity index (χ1n) is 5.40. The standard InChI is InChI=1S/C11H15N3O4/c12-11(15)8-18-6-5-13-7-9-3-1-2-4-10(9)14(16)17/h1-4,13H,5-8H2,(H2,12,15). The Labute approximate surface area is 104 Å². The number of para-hydroxylation sites is 1. The summed E-state index contributed by atoms with van der Waals surface area (Å²) in [7, 11) is 0. The van der Waals surface area contributed by atoms with Crippen molar-refractivity contribution in [2.24, 2.45) is 5.73 Å². The fourth-order valence-electron chi connectivity index (χ4n) is 1.38. The summed E-state index contributed by atoms with van der Waals surface area (Å²) in [6.45, 7) is 1.06. The number of nitrogens with one attached hydrogen (secondary N) is 1. The third kappa shape index (κ3) is 4.89. The molecule has 0 saturated heterocycles. The minimum atomic E-state index is -0.520. The molecule has 0 radical (unpaired) electrons. The summed E-state index contributed by atoms with van der Waals surface area (Å²) >= 11 is 0. The Morgan fingerprint density at radius 1 is 1.44 bits per heavy atom. The van der Waals surface area contributed by atoms with E-state index in [1.165, 1.54) is 6.07 Å². The van der Waals surface area contributed by atoms with Gasteiger partial charge in [0.15, 0.2) is 0 Å². The van der Waals surface area contributed by atoms with E-state index in [1.54, 1.807) is 18.2 Å². The summed E-state index contributed by atoms with van der Waals surface area (Å²) in [6.07, 6.45) is 0. The number of primary amides is 1. The monoisotopic (exact) mass is 253 g/mol. The maximum atomic E-state index is 10.7. The molecule has 7 nitrogen and oxygen atoms in total. The van der Waals surface area contributed by atoms with Gasteiger partial charge in [0.1, 0.15) is 6.61 Å². The van der Waals surface area contributed by atoms with E-state index < -0.39 is 10.8 Å². The Kier molecular flexibility index (Phi) is 5.75. The SMILES string of the molecule is NC(=O)COCCNCc1ccccc1[N+](=O)[O-]. The number of carbonyl (C=O) groups excluding carboxylic acids is 1. The summed E-state index contributed by atoms with van der Waals surface area (Å²) in [5, 5.41) is 13.7. The Hall–Kier alpha value is -1.99. The highest BCUT2D eigenvalue weighted by Crippen LogP contribution is 2.16. The molecule has 0 aliphatic carbocycles. The maximum Gasteiger partial charge on any atom is 0.273 e. The van der Waals surface area contributed by atoms with Gasteiger partial charge in [-0.2, -0.15) is 0 Å². The van der Waals surface area contributed by atoms with Gasteiger partial charge in [0.25, 0.3) is 5.69 Å². The van der Waals surface area contributed by atoms with Crippen LogP contribution in [0.25, 0.3) is 0 Å². The number of benzene rings is 1. The Morgan fingerprint density at radius 2 is 2.17 bits per heavy atom. The molecule has 0 spiro atoms. The highest BCUT2D eigenvalue weighted by molar-refractivity contribution is 5.74. The number of nitro benzene ring substituents is 1. The van der Waals surface area contributed by atoms with E-state index >= 15 is 0 Å². The number of nitrogens with zero attached hydrogens (tertiary/aromatic N) is 1. The lowest BCUT2D eigenvalue weighted by Crippen LogP contribution is -2.24. The van der Waals surface area contributed by atoms with Gasteiger partial charge >= 0.3 is 0 Å². The minimum absolute atomic E-state index is 0.0862. The molecule has 0 aliphatic heterocycles. The van der Waals surface area contributed by atoms with Crippen molar-refractivity contribution < 1.29 is 14.5 Å². The molecule has 98 valence electrons. The molecule has 1 aromatic carbocycles. The average Bonchev–Trinajstić information content (AvgIpc) is 2.33. The third-order valence-electron chi connectivity index (χ3n) is 2.17. The molecule has 0 aromatic heterocycles. The van der Waals surface area contributed by atoms with Crippen LogP contribution in [0.4, 0.5) is 5.69 Å². The van der Waals surface area contributed by atoms with Gasteiger partial charge in [-0.15, -0.1) is 0 Å². The highest BCUT2D eigenvalue weighted by Gasteiger charge is 2.10. The lowest BCUT2D eigenvalue weighted by Gasteiger charge is -2.05. The molecular weight excluding hydrogens is 238 g/mol. The van der Waals surface area contributed by atoms with Crippen LogP contribution in [0.1, 0.15) is 5.56 Å². The van der Waals surface area contributed by atoms with Gasteiger partial charge in [-0.25, -0.2) is 0 Å².